The van der Waals surface area contributed by atoms with E-state index in [4.69, 9.17) is 5.26 Å². The molecule has 0 aliphatic carbocycles. The molecular formula is C10H5Br2NS. The second-order valence-corrected chi connectivity index (χ2v) is 5.36. The highest BCUT2D eigenvalue weighted by atomic mass is 79.9. The van der Waals surface area contributed by atoms with Crippen molar-refractivity contribution in [1.29, 1.82) is 5.26 Å². The molecule has 0 N–H and O–H groups in total. The lowest BCUT2D eigenvalue weighted by Crippen LogP contribution is -1.82. The molecular weight excluding hydrogens is 326 g/mol. The summed E-state index contributed by atoms with van der Waals surface area (Å²) in [5, 5.41) is 11.9. The molecule has 0 saturated carbocycles. The minimum absolute atomic E-state index is 0.450. The van der Waals surface area contributed by atoms with Gasteiger partial charge in [0, 0.05) is 24.4 Å². The maximum absolute atomic E-state index is 8.64. The Morgan fingerprint density at radius 1 is 1.36 bits per heavy atom. The lowest BCUT2D eigenvalue weighted by Gasteiger charge is -2.00. The summed E-state index contributed by atoms with van der Waals surface area (Å²) in [4.78, 5) is 0. The first-order chi connectivity index (χ1) is 6.74. The molecule has 0 atom stereocenters. The van der Waals surface area contributed by atoms with Crippen molar-refractivity contribution < 1.29 is 0 Å². The monoisotopic (exact) mass is 329 g/mol. The molecule has 0 bridgehead atoms. The molecule has 1 nitrogen and oxygen atoms in total. The third-order valence-electron chi connectivity index (χ3n) is 1.98. The van der Waals surface area contributed by atoms with Gasteiger partial charge < -0.3 is 0 Å². The highest BCUT2D eigenvalue weighted by Gasteiger charge is 2.08. The van der Waals surface area contributed by atoms with Crippen molar-refractivity contribution in [2.45, 2.75) is 6.42 Å². The van der Waals surface area contributed by atoms with E-state index in [2.05, 4.69) is 43.3 Å². The van der Waals surface area contributed by atoms with Crippen molar-refractivity contribution in [2.75, 3.05) is 0 Å². The Labute approximate surface area is 103 Å². The summed E-state index contributed by atoms with van der Waals surface area (Å²) in [6.45, 7) is 0. The Morgan fingerprint density at radius 2 is 2.14 bits per heavy atom. The summed E-state index contributed by atoms with van der Waals surface area (Å²) in [6, 6.07) is 6.20. The van der Waals surface area contributed by atoms with Crippen LogP contribution in [0.1, 0.15) is 5.56 Å². The number of rotatable bonds is 1. The molecule has 0 saturated heterocycles. The number of nitriles is 1. The van der Waals surface area contributed by atoms with Gasteiger partial charge in [-0.1, -0.05) is 12.1 Å². The number of thiophene rings is 1. The minimum atomic E-state index is 0.450. The fourth-order valence-corrected chi connectivity index (χ4v) is 3.69. The summed E-state index contributed by atoms with van der Waals surface area (Å²) in [6.07, 6.45) is 0.450. The topological polar surface area (TPSA) is 23.8 Å². The molecule has 1 aromatic heterocycles. The molecule has 70 valence electrons. The maximum atomic E-state index is 8.64. The number of fused-ring (bicyclic) bond motifs is 1. The molecule has 0 aliphatic heterocycles. The van der Waals surface area contributed by atoms with Gasteiger partial charge in [-0.3, -0.25) is 0 Å². The molecule has 2 rings (SSSR count). The molecule has 0 fully saturated rings. The van der Waals surface area contributed by atoms with E-state index in [0.717, 1.165) is 14.5 Å². The Kier molecular flexibility index (Phi) is 2.91. The smallest absolute Gasteiger partial charge is 0.0670 e. The van der Waals surface area contributed by atoms with E-state index in [9.17, 15) is 0 Å². The van der Waals surface area contributed by atoms with Gasteiger partial charge in [-0.25, -0.2) is 0 Å². The van der Waals surface area contributed by atoms with Crippen LogP contribution in [0, 0.1) is 11.3 Å². The van der Waals surface area contributed by atoms with Gasteiger partial charge in [-0.2, -0.15) is 5.26 Å². The zero-order valence-electron chi connectivity index (χ0n) is 7.05. The molecule has 1 heterocycles. The van der Waals surface area contributed by atoms with Gasteiger partial charge in [-0.05, 0) is 37.4 Å². The highest BCUT2D eigenvalue weighted by Crippen LogP contribution is 2.37. The SMILES string of the molecule is N#CCc1ccc2c(Br)csc2c1Br. The van der Waals surface area contributed by atoms with Crippen LogP contribution in [-0.2, 0) is 6.42 Å². The first-order valence-corrected chi connectivity index (χ1v) is 6.41. The first kappa shape index (κ1) is 10.2. The number of hydrogen-bond acceptors (Lipinski definition) is 2. The molecule has 0 radical (unpaired) electrons. The van der Waals surface area contributed by atoms with Crippen LogP contribution >= 0.6 is 43.2 Å². The Bertz CT molecular complexity index is 525. The van der Waals surface area contributed by atoms with Crippen LogP contribution in [-0.4, -0.2) is 0 Å². The average molecular weight is 331 g/mol. The molecule has 4 heteroatoms. The standard InChI is InChI=1S/C10H5Br2NS/c11-8-5-14-10-7(8)2-1-6(3-4-13)9(10)12/h1-2,5H,3H2. The lowest BCUT2D eigenvalue weighted by molar-refractivity contribution is 1.26. The third-order valence-corrected chi connectivity index (χ3v) is 5.12. The van der Waals surface area contributed by atoms with Gasteiger partial charge in [-0.15, -0.1) is 11.3 Å². The fourth-order valence-electron chi connectivity index (χ4n) is 1.30. The van der Waals surface area contributed by atoms with Crippen molar-refractivity contribution in [3.8, 4) is 6.07 Å². The number of benzene rings is 1. The second-order valence-electron chi connectivity index (χ2n) is 2.83. The summed E-state index contributed by atoms with van der Waals surface area (Å²) >= 11 is 8.70. The normalized spacial score (nSPS) is 10.4. The Morgan fingerprint density at radius 3 is 2.86 bits per heavy atom. The zero-order chi connectivity index (χ0) is 10.1. The number of nitrogens with zero attached hydrogens (tertiary/aromatic N) is 1. The van der Waals surface area contributed by atoms with E-state index in [1.54, 1.807) is 11.3 Å². The van der Waals surface area contributed by atoms with Crippen molar-refractivity contribution >= 4 is 53.3 Å². The first-order valence-electron chi connectivity index (χ1n) is 3.95. The van der Waals surface area contributed by atoms with Gasteiger partial charge in [0.15, 0.2) is 0 Å². The minimum Gasteiger partial charge on any atom is -0.198 e. The largest absolute Gasteiger partial charge is 0.198 e. The van der Waals surface area contributed by atoms with Crippen LogP contribution in [0.25, 0.3) is 10.1 Å². The van der Waals surface area contributed by atoms with Gasteiger partial charge >= 0.3 is 0 Å². The Hall–Kier alpha value is -0.370. The molecule has 14 heavy (non-hydrogen) atoms. The fraction of sp³-hybridized carbons (Fsp3) is 0.100. The van der Waals surface area contributed by atoms with Crippen molar-refractivity contribution in [3.05, 3.63) is 32.0 Å². The van der Waals surface area contributed by atoms with E-state index >= 15 is 0 Å². The third kappa shape index (κ3) is 1.60. The van der Waals surface area contributed by atoms with Gasteiger partial charge in [0.05, 0.1) is 12.5 Å². The van der Waals surface area contributed by atoms with Crippen LogP contribution in [0.2, 0.25) is 0 Å². The number of halogens is 2. The molecule has 0 unspecified atom stereocenters. The second kappa shape index (κ2) is 4.01. The van der Waals surface area contributed by atoms with Crippen LogP contribution in [0.15, 0.2) is 26.5 Å². The predicted molar refractivity (Wildman–Crippen MR) is 66.5 cm³/mol. The summed E-state index contributed by atoms with van der Waals surface area (Å²) in [7, 11) is 0. The van der Waals surface area contributed by atoms with Crippen LogP contribution in [0.4, 0.5) is 0 Å². The lowest BCUT2D eigenvalue weighted by atomic mass is 10.1. The number of hydrogen-bond donors (Lipinski definition) is 0. The van der Waals surface area contributed by atoms with Crippen LogP contribution < -0.4 is 0 Å². The van der Waals surface area contributed by atoms with Gasteiger partial charge in [0.25, 0.3) is 0 Å². The van der Waals surface area contributed by atoms with Crippen molar-refractivity contribution in [1.82, 2.24) is 0 Å². The van der Waals surface area contributed by atoms with Crippen molar-refractivity contribution in [2.24, 2.45) is 0 Å². The highest BCUT2D eigenvalue weighted by molar-refractivity contribution is 9.11. The van der Waals surface area contributed by atoms with Gasteiger partial charge in [0.2, 0.25) is 0 Å². The Balaban J connectivity index is 2.71. The molecule has 0 aliphatic rings. The summed E-state index contributed by atoms with van der Waals surface area (Å²) in [5.74, 6) is 0. The van der Waals surface area contributed by atoms with Crippen LogP contribution in [0.5, 0.6) is 0 Å². The van der Waals surface area contributed by atoms with E-state index in [0.29, 0.717) is 6.42 Å². The summed E-state index contributed by atoms with van der Waals surface area (Å²) in [5.41, 5.74) is 1.05. The van der Waals surface area contributed by atoms with E-state index in [1.807, 2.05) is 12.1 Å². The molecule has 1 aromatic carbocycles. The van der Waals surface area contributed by atoms with Crippen LogP contribution in [0.3, 0.4) is 0 Å². The van der Waals surface area contributed by atoms with Gasteiger partial charge in [0.1, 0.15) is 0 Å². The van der Waals surface area contributed by atoms with E-state index in [-0.39, 0.29) is 0 Å². The summed E-state index contributed by atoms with van der Waals surface area (Å²) < 4.78 is 3.36. The zero-order valence-corrected chi connectivity index (χ0v) is 11.0. The molecule has 0 spiro atoms. The van der Waals surface area contributed by atoms with E-state index < -0.39 is 0 Å². The average Bonchev–Trinajstić information content (AvgIpc) is 2.54. The van der Waals surface area contributed by atoms with E-state index in [1.165, 1.54) is 10.1 Å². The molecule has 0 amide bonds. The predicted octanol–water partition coefficient (Wildman–Crippen LogP) is 4.49. The van der Waals surface area contributed by atoms with Crippen molar-refractivity contribution in [3.63, 3.8) is 0 Å². The maximum Gasteiger partial charge on any atom is 0.0670 e. The molecule has 2 aromatic rings. The quantitative estimate of drug-likeness (QED) is 0.755.